The number of rotatable bonds is 8. The van der Waals surface area contributed by atoms with E-state index in [1.807, 2.05) is 54.0 Å². The highest BCUT2D eigenvalue weighted by molar-refractivity contribution is 5.94. The largest absolute Gasteiger partial charge is 0.378 e. The number of nitrogens with one attached hydrogen (secondary N) is 2. The molecule has 4 heterocycles. The van der Waals surface area contributed by atoms with Gasteiger partial charge in [-0.3, -0.25) is 9.59 Å². The third kappa shape index (κ3) is 5.78. The third-order valence-electron chi connectivity index (χ3n) is 6.26. The Labute approximate surface area is 215 Å². The topological polar surface area (TPSA) is 101 Å². The van der Waals surface area contributed by atoms with Crippen LogP contribution in [0.15, 0.2) is 67.3 Å². The minimum atomic E-state index is -0.0387. The Balaban J connectivity index is 1.37. The van der Waals surface area contributed by atoms with Gasteiger partial charge in [-0.2, -0.15) is 0 Å². The number of pyridine rings is 2. The van der Waals surface area contributed by atoms with Crippen LogP contribution in [-0.2, 0) is 16.0 Å². The average Bonchev–Trinajstić information content (AvgIpc) is 3.42. The van der Waals surface area contributed by atoms with Crippen LogP contribution in [0, 0.1) is 0 Å². The van der Waals surface area contributed by atoms with Crippen molar-refractivity contribution in [3.8, 4) is 11.1 Å². The fourth-order valence-corrected chi connectivity index (χ4v) is 4.34. The van der Waals surface area contributed by atoms with Crippen molar-refractivity contribution in [2.24, 2.45) is 0 Å². The smallest absolute Gasteiger partial charge is 0.255 e. The summed E-state index contributed by atoms with van der Waals surface area (Å²) < 4.78 is 7.29. The number of hydrogen-bond acceptors (Lipinski definition) is 6. The van der Waals surface area contributed by atoms with Gasteiger partial charge in [0, 0.05) is 50.0 Å². The first-order valence-electron chi connectivity index (χ1n) is 12.5. The van der Waals surface area contributed by atoms with Crippen LogP contribution in [0.25, 0.3) is 16.8 Å². The van der Waals surface area contributed by atoms with Crippen LogP contribution in [0.2, 0.25) is 0 Å². The van der Waals surface area contributed by atoms with Crippen LogP contribution in [0.1, 0.15) is 29.3 Å². The van der Waals surface area contributed by atoms with Crippen LogP contribution < -0.4 is 10.6 Å². The molecule has 1 saturated heterocycles. The molecule has 2 amide bonds. The van der Waals surface area contributed by atoms with Crippen molar-refractivity contribution in [3.05, 3.63) is 78.4 Å². The van der Waals surface area contributed by atoms with Gasteiger partial charge in [0.15, 0.2) is 5.65 Å². The van der Waals surface area contributed by atoms with E-state index in [1.165, 1.54) is 0 Å². The summed E-state index contributed by atoms with van der Waals surface area (Å²) in [6, 6.07) is 13.6. The lowest BCUT2D eigenvalue weighted by molar-refractivity contribution is -0.120. The quantitative estimate of drug-likeness (QED) is 0.384. The molecule has 0 radical (unpaired) electrons. The number of carbonyl (C=O) groups is 2. The van der Waals surface area contributed by atoms with Crippen molar-refractivity contribution < 1.29 is 14.3 Å². The van der Waals surface area contributed by atoms with E-state index in [0.29, 0.717) is 50.7 Å². The van der Waals surface area contributed by atoms with Crippen LogP contribution in [0.3, 0.4) is 0 Å². The molecule has 9 nitrogen and oxygen atoms in total. The van der Waals surface area contributed by atoms with Gasteiger partial charge in [0.2, 0.25) is 5.91 Å². The molecule has 190 valence electrons. The standard InChI is InChI=1S/C28H30N6O3/c1-2-8-29-26(35)16-20-4-3-5-21(15-20)23-17-24(27-30-9-10-34(27)19-23)32-25-7-6-22(18-31-25)28(36)33-11-13-37-14-12-33/h3-7,9-10,15,17-19H,2,8,11-14,16H2,1H3,(H,29,35)(H,31,32). The van der Waals surface area contributed by atoms with Gasteiger partial charge in [0.1, 0.15) is 5.82 Å². The minimum Gasteiger partial charge on any atom is -0.378 e. The summed E-state index contributed by atoms with van der Waals surface area (Å²) in [5.74, 6) is 0.596. The zero-order valence-corrected chi connectivity index (χ0v) is 20.8. The highest BCUT2D eigenvalue weighted by Crippen LogP contribution is 2.28. The second kappa shape index (κ2) is 11.2. The molecule has 2 N–H and O–H groups in total. The molecule has 0 saturated carbocycles. The fraction of sp³-hybridized carbons (Fsp3) is 0.286. The zero-order valence-electron chi connectivity index (χ0n) is 20.8. The highest BCUT2D eigenvalue weighted by atomic mass is 16.5. The van der Waals surface area contributed by atoms with Crippen molar-refractivity contribution in [1.82, 2.24) is 24.6 Å². The predicted octanol–water partition coefficient (Wildman–Crippen LogP) is 3.68. The molecule has 1 aliphatic heterocycles. The maximum Gasteiger partial charge on any atom is 0.255 e. The molecular formula is C28H30N6O3. The first-order chi connectivity index (χ1) is 18.1. The number of benzene rings is 1. The summed E-state index contributed by atoms with van der Waals surface area (Å²) in [7, 11) is 0. The number of nitrogens with zero attached hydrogens (tertiary/aromatic N) is 4. The Morgan fingerprint density at radius 2 is 1.92 bits per heavy atom. The number of morpholine rings is 1. The van der Waals surface area contributed by atoms with E-state index < -0.39 is 0 Å². The number of hydrogen-bond donors (Lipinski definition) is 2. The van der Waals surface area contributed by atoms with E-state index >= 15 is 0 Å². The van der Waals surface area contributed by atoms with E-state index in [4.69, 9.17) is 4.74 Å². The summed E-state index contributed by atoms with van der Waals surface area (Å²) >= 11 is 0. The Hall–Kier alpha value is -4.24. The van der Waals surface area contributed by atoms with Gasteiger partial charge in [-0.25, -0.2) is 9.97 Å². The molecule has 1 aliphatic rings. The van der Waals surface area contributed by atoms with Crippen molar-refractivity contribution in [2.75, 3.05) is 38.2 Å². The normalized spacial score (nSPS) is 13.5. The van der Waals surface area contributed by atoms with Crippen molar-refractivity contribution >= 4 is 29.0 Å². The second-order valence-corrected chi connectivity index (χ2v) is 8.99. The van der Waals surface area contributed by atoms with Gasteiger partial charge in [-0.05, 0) is 35.7 Å². The van der Waals surface area contributed by atoms with E-state index in [9.17, 15) is 9.59 Å². The number of aromatic nitrogens is 3. The monoisotopic (exact) mass is 498 g/mol. The molecule has 9 heteroatoms. The number of imidazole rings is 1. The zero-order chi connectivity index (χ0) is 25.6. The second-order valence-electron chi connectivity index (χ2n) is 8.99. The van der Waals surface area contributed by atoms with Crippen LogP contribution in [-0.4, -0.2) is 63.9 Å². The number of amides is 2. The number of anilines is 2. The van der Waals surface area contributed by atoms with E-state index in [-0.39, 0.29) is 11.8 Å². The first-order valence-corrected chi connectivity index (χ1v) is 12.5. The number of carbonyl (C=O) groups excluding carboxylic acids is 2. The summed E-state index contributed by atoms with van der Waals surface area (Å²) in [5, 5.41) is 6.28. The molecule has 1 aromatic carbocycles. The molecule has 0 spiro atoms. The number of fused-ring (bicyclic) bond motifs is 1. The Morgan fingerprint density at radius 1 is 1.05 bits per heavy atom. The predicted molar refractivity (Wildman–Crippen MR) is 142 cm³/mol. The fourth-order valence-electron chi connectivity index (χ4n) is 4.34. The maximum atomic E-state index is 12.7. The molecule has 0 aliphatic carbocycles. The highest BCUT2D eigenvalue weighted by Gasteiger charge is 2.19. The summed E-state index contributed by atoms with van der Waals surface area (Å²) in [6.07, 6.45) is 8.50. The van der Waals surface area contributed by atoms with Crippen molar-refractivity contribution in [3.63, 3.8) is 0 Å². The molecule has 37 heavy (non-hydrogen) atoms. The number of ether oxygens (including phenoxy) is 1. The molecule has 3 aromatic heterocycles. The van der Waals surface area contributed by atoms with Crippen LogP contribution >= 0.6 is 0 Å². The van der Waals surface area contributed by atoms with Gasteiger partial charge in [0.05, 0.1) is 30.9 Å². The third-order valence-corrected chi connectivity index (χ3v) is 6.26. The Morgan fingerprint density at radius 3 is 2.70 bits per heavy atom. The van der Waals surface area contributed by atoms with Gasteiger partial charge in [0.25, 0.3) is 5.91 Å². The lowest BCUT2D eigenvalue weighted by Gasteiger charge is -2.26. The molecular weight excluding hydrogens is 468 g/mol. The molecule has 0 atom stereocenters. The van der Waals surface area contributed by atoms with Crippen molar-refractivity contribution in [1.29, 1.82) is 0 Å². The van der Waals surface area contributed by atoms with E-state index in [2.05, 4.69) is 20.6 Å². The van der Waals surface area contributed by atoms with Gasteiger partial charge < -0.3 is 24.7 Å². The maximum absolute atomic E-state index is 12.7. The average molecular weight is 499 g/mol. The van der Waals surface area contributed by atoms with E-state index in [1.54, 1.807) is 29.4 Å². The lowest BCUT2D eigenvalue weighted by atomic mass is 10.0. The lowest BCUT2D eigenvalue weighted by Crippen LogP contribution is -2.40. The van der Waals surface area contributed by atoms with Gasteiger partial charge >= 0.3 is 0 Å². The molecule has 4 aromatic rings. The summed E-state index contributed by atoms with van der Waals surface area (Å²) in [4.78, 5) is 35.7. The molecule has 1 fully saturated rings. The van der Waals surface area contributed by atoms with Crippen molar-refractivity contribution in [2.45, 2.75) is 19.8 Å². The SMILES string of the molecule is CCCNC(=O)Cc1cccc(-c2cc(Nc3ccc(C(=O)N4CCOCC4)cn3)c3nccn3c2)c1. The van der Waals surface area contributed by atoms with Crippen LogP contribution in [0.4, 0.5) is 11.5 Å². The summed E-state index contributed by atoms with van der Waals surface area (Å²) in [5.41, 5.74) is 5.02. The van der Waals surface area contributed by atoms with Crippen LogP contribution in [0.5, 0.6) is 0 Å². The van der Waals surface area contributed by atoms with E-state index in [0.717, 1.165) is 34.4 Å². The molecule has 5 rings (SSSR count). The Kier molecular flexibility index (Phi) is 7.41. The first kappa shape index (κ1) is 24.5. The van der Waals surface area contributed by atoms with Gasteiger partial charge in [-0.1, -0.05) is 31.2 Å². The molecule has 0 bridgehead atoms. The molecule has 0 unspecified atom stereocenters. The Bertz CT molecular complexity index is 1390. The van der Waals surface area contributed by atoms with Gasteiger partial charge in [-0.15, -0.1) is 0 Å². The summed E-state index contributed by atoms with van der Waals surface area (Å²) in [6.45, 7) is 5.02. The minimum absolute atomic E-state index is 0.0213.